The van der Waals surface area contributed by atoms with Gasteiger partial charge >= 0.3 is 0 Å². The Hall–Kier alpha value is -0.220. The zero-order valence-corrected chi connectivity index (χ0v) is 6.83. The number of carbonyl (C=O) groups excluding carboxylic acids is 1. The van der Waals surface area contributed by atoms with Crippen LogP contribution in [-0.4, -0.2) is 37.0 Å². The quantitative estimate of drug-likeness (QED) is 0.569. The minimum absolute atomic E-state index is 0.0312. The fourth-order valence-electron chi connectivity index (χ4n) is 0.949. The van der Waals surface area contributed by atoms with Crippen molar-refractivity contribution in [2.75, 3.05) is 25.1 Å². The maximum atomic E-state index is 11.0. The van der Waals surface area contributed by atoms with E-state index in [-0.39, 0.29) is 11.9 Å². The molecule has 0 unspecified atom stereocenters. The monoisotopic (exact) mass is 160 g/mol. The zero-order valence-electron chi connectivity index (χ0n) is 6.02. The van der Waals surface area contributed by atoms with Crippen molar-refractivity contribution >= 4 is 17.7 Å². The lowest BCUT2D eigenvalue weighted by molar-refractivity contribution is -0.123. The standard InChI is InChI=1S/C6H12N2OS/c1-10-4-5-6(9)8-3-2-7-5/h5,7H,2-4H2,1H3,(H,8,9)/t5-/m0/s1. The second-order valence-corrected chi connectivity index (χ2v) is 3.16. The first kappa shape index (κ1) is 7.88. The summed E-state index contributed by atoms with van der Waals surface area (Å²) in [6.07, 6.45) is 2.00. The first-order valence-electron chi connectivity index (χ1n) is 3.34. The molecule has 3 nitrogen and oxygen atoms in total. The molecule has 1 fully saturated rings. The van der Waals surface area contributed by atoms with Gasteiger partial charge in [0.25, 0.3) is 0 Å². The molecular weight excluding hydrogens is 148 g/mol. The van der Waals surface area contributed by atoms with E-state index in [1.807, 2.05) is 6.26 Å². The molecule has 0 bridgehead atoms. The summed E-state index contributed by atoms with van der Waals surface area (Å²) in [7, 11) is 0. The molecule has 1 aliphatic rings. The maximum absolute atomic E-state index is 11.0. The van der Waals surface area contributed by atoms with Crippen LogP contribution in [-0.2, 0) is 4.79 Å². The van der Waals surface area contributed by atoms with Crippen LogP contribution in [0.5, 0.6) is 0 Å². The van der Waals surface area contributed by atoms with E-state index in [2.05, 4.69) is 10.6 Å². The molecule has 0 saturated carbocycles. The van der Waals surface area contributed by atoms with Crippen molar-refractivity contribution in [1.82, 2.24) is 10.6 Å². The summed E-state index contributed by atoms with van der Waals surface area (Å²) in [5, 5.41) is 5.94. The third-order valence-corrected chi connectivity index (χ3v) is 2.13. The van der Waals surface area contributed by atoms with E-state index in [0.717, 1.165) is 18.8 Å². The van der Waals surface area contributed by atoms with Crippen LogP contribution >= 0.6 is 11.8 Å². The second-order valence-electron chi connectivity index (χ2n) is 2.25. The van der Waals surface area contributed by atoms with Gasteiger partial charge in [0.15, 0.2) is 0 Å². The number of amides is 1. The summed E-state index contributed by atoms with van der Waals surface area (Å²) in [6, 6.07) is 0.0312. The molecule has 2 N–H and O–H groups in total. The number of rotatable bonds is 2. The Morgan fingerprint density at radius 2 is 2.50 bits per heavy atom. The van der Waals surface area contributed by atoms with Crippen LogP contribution in [0.4, 0.5) is 0 Å². The Morgan fingerprint density at radius 1 is 1.70 bits per heavy atom. The van der Waals surface area contributed by atoms with Crippen LogP contribution in [0, 0.1) is 0 Å². The van der Waals surface area contributed by atoms with Gasteiger partial charge in [-0.1, -0.05) is 0 Å². The summed E-state index contributed by atoms with van der Waals surface area (Å²) in [5.41, 5.74) is 0. The minimum atomic E-state index is 0.0312. The average Bonchev–Trinajstić information content (AvgIpc) is 1.94. The molecule has 0 aromatic carbocycles. The number of hydrogen-bond acceptors (Lipinski definition) is 3. The smallest absolute Gasteiger partial charge is 0.238 e. The zero-order chi connectivity index (χ0) is 7.40. The number of hydrogen-bond donors (Lipinski definition) is 2. The summed E-state index contributed by atoms with van der Waals surface area (Å²) in [5.74, 6) is 1.01. The minimum Gasteiger partial charge on any atom is -0.353 e. The van der Waals surface area contributed by atoms with Gasteiger partial charge in [0.1, 0.15) is 0 Å². The molecular formula is C6H12N2OS. The van der Waals surface area contributed by atoms with Crippen molar-refractivity contribution in [3.8, 4) is 0 Å². The van der Waals surface area contributed by atoms with Crippen molar-refractivity contribution in [2.45, 2.75) is 6.04 Å². The predicted molar refractivity (Wildman–Crippen MR) is 43.2 cm³/mol. The maximum Gasteiger partial charge on any atom is 0.238 e. The van der Waals surface area contributed by atoms with Gasteiger partial charge in [0, 0.05) is 18.8 Å². The second kappa shape index (κ2) is 3.83. The highest BCUT2D eigenvalue weighted by Crippen LogP contribution is 1.98. The van der Waals surface area contributed by atoms with E-state index < -0.39 is 0 Å². The van der Waals surface area contributed by atoms with Crippen LogP contribution in [0.25, 0.3) is 0 Å². The van der Waals surface area contributed by atoms with E-state index in [1.54, 1.807) is 11.8 Å². The SMILES string of the molecule is CSC[C@@H]1NCCNC1=O. The van der Waals surface area contributed by atoms with Gasteiger partial charge in [-0.15, -0.1) is 0 Å². The molecule has 10 heavy (non-hydrogen) atoms. The predicted octanol–water partition coefficient (Wildman–Crippen LogP) is -0.563. The molecule has 58 valence electrons. The number of piperazine rings is 1. The third-order valence-electron chi connectivity index (χ3n) is 1.46. The number of carbonyl (C=O) groups is 1. The fraction of sp³-hybridized carbons (Fsp3) is 0.833. The van der Waals surface area contributed by atoms with Crippen molar-refractivity contribution < 1.29 is 4.79 Å². The van der Waals surface area contributed by atoms with Crippen LogP contribution in [0.3, 0.4) is 0 Å². The highest BCUT2D eigenvalue weighted by Gasteiger charge is 2.19. The Morgan fingerprint density at radius 3 is 3.10 bits per heavy atom. The van der Waals surface area contributed by atoms with Crippen molar-refractivity contribution in [3.63, 3.8) is 0 Å². The van der Waals surface area contributed by atoms with Crippen molar-refractivity contribution in [3.05, 3.63) is 0 Å². The van der Waals surface area contributed by atoms with Gasteiger partial charge in [-0.3, -0.25) is 4.79 Å². The molecule has 0 aromatic heterocycles. The molecule has 1 atom stereocenters. The number of nitrogens with one attached hydrogen (secondary N) is 2. The Kier molecular flexibility index (Phi) is 3.02. The van der Waals surface area contributed by atoms with Gasteiger partial charge in [-0.25, -0.2) is 0 Å². The van der Waals surface area contributed by atoms with E-state index in [4.69, 9.17) is 0 Å². The Bertz CT molecular complexity index is 127. The molecule has 0 aliphatic carbocycles. The van der Waals surface area contributed by atoms with Gasteiger partial charge in [0.2, 0.25) is 5.91 Å². The molecule has 0 radical (unpaired) electrons. The molecule has 0 spiro atoms. The lowest BCUT2D eigenvalue weighted by Gasteiger charge is -2.22. The summed E-state index contributed by atoms with van der Waals surface area (Å²) in [6.45, 7) is 1.67. The summed E-state index contributed by atoms with van der Waals surface area (Å²) in [4.78, 5) is 11.0. The van der Waals surface area contributed by atoms with Gasteiger partial charge in [-0.2, -0.15) is 11.8 Å². The third kappa shape index (κ3) is 1.88. The first-order chi connectivity index (χ1) is 4.84. The normalized spacial score (nSPS) is 26.1. The fourth-order valence-corrected chi connectivity index (χ4v) is 1.55. The molecule has 1 heterocycles. The van der Waals surface area contributed by atoms with Gasteiger partial charge in [-0.05, 0) is 6.26 Å². The van der Waals surface area contributed by atoms with Crippen LogP contribution in [0.15, 0.2) is 0 Å². The van der Waals surface area contributed by atoms with E-state index >= 15 is 0 Å². The van der Waals surface area contributed by atoms with Crippen LogP contribution < -0.4 is 10.6 Å². The van der Waals surface area contributed by atoms with E-state index in [0.29, 0.717) is 0 Å². The molecule has 1 saturated heterocycles. The highest BCUT2D eigenvalue weighted by molar-refractivity contribution is 7.98. The summed E-state index contributed by atoms with van der Waals surface area (Å²) < 4.78 is 0. The molecule has 1 rings (SSSR count). The lowest BCUT2D eigenvalue weighted by atomic mass is 10.2. The lowest BCUT2D eigenvalue weighted by Crippen LogP contribution is -2.53. The van der Waals surface area contributed by atoms with Gasteiger partial charge < -0.3 is 10.6 Å². The average molecular weight is 160 g/mol. The Balaban J connectivity index is 2.32. The Labute approximate surface area is 64.9 Å². The molecule has 0 aromatic rings. The molecule has 1 amide bonds. The van der Waals surface area contributed by atoms with Gasteiger partial charge in [0.05, 0.1) is 6.04 Å². The summed E-state index contributed by atoms with van der Waals surface area (Å²) >= 11 is 1.69. The van der Waals surface area contributed by atoms with E-state index in [9.17, 15) is 4.79 Å². The van der Waals surface area contributed by atoms with Crippen molar-refractivity contribution in [1.29, 1.82) is 0 Å². The molecule has 1 aliphatic heterocycles. The van der Waals surface area contributed by atoms with Crippen LogP contribution in [0.2, 0.25) is 0 Å². The highest BCUT2D eigenvalue weighted by atomic mass is 32.2. The molecule has 4 heteroatoms. The van der Waals surface area contributed by atoms with Crippen LogP contribution in [0.1, 0.15) is 0 Å². The van der Waals surface area contributed by atoms with Crippen molar-refractivity contribution in [2.24, 2.45) is 0 Å². The number of thioether (sulfide) groups is 1. The first-order valence-corrected chi connectivity index (χ1v) is 4.74. The topological polar surface area (TPSA) is 41.1 Å². The van der Waals surface area contributed by atoms with E-state index in [1.165, 1.54) is 0 Å². The largest absolute Gasteiger partial charge is 0.353 e.